The van der Waals surface area contributed by atoms with Gasteiger partial charge in [0.15, 0.2) is 0 Å². The topological polar surface area (TPSA) is 74.1 Å². The fourth-order valence-electron chi connectivity index (χ4n) is 1.60. The summed E-state index contributed by atoms with van der Waals surface area (Å²) in [5, 5.41) is 13.5. The maximum atomic E-state index is 9.69. The quantitative estimate of drug-likeness (QED) is 0.422. The van der Waals surface area contributed by atoms with Crippen molar-refractivity contribution in [1.29, 1.82) is 0 Å². The minimum atomic E-state index is -0.684. The van der Waals surface area contributed by atoms with Gasteiger partial charge in [-0.15, -0.1) is 0 Å². The molecule has 0 aliphatic heterocycles. The van der Waals surface area contributed by atoms with Crippen LogP contribution in [0.2, 0.25) is 0 Å². The molecule has 0 amide bonds. The summed E-state index contributed by atoms with van der Waals surface area (Å²) in [4.78, 5) is 3.06. The van der Waals surface area contributed by atoms with E-state index in [0.29, 0.717) is 5.69 Å². The third kappa shape index (κ3) is 1.34. The van der Waals surface area contributed by atoms with E-state index in [1.165, 1.54) is 0 Å². The molecule has 1 aromatic heterocycles. The van der Waals surface area contributed by atoms with Gasteiger partial charge in [0.05, 0.1) is 0 Å². The third-order valence-corrected chi connectivity index (χ3v) is 2.29. The Bertz CT molecular complexity index is 450. The van der Waals surface area contributed by atoms with Gasteiger partial charge in [0.25, 0.3) is 0 Å². The van der Waals surface area contributed by atoms with E-state index in [0.717, 1.165) is 16.5 Å². The van der Waals surface area contributed by atoms with E-state index in [2.05, 4.69) is 10.3 Å². The van der Waals surface area contributed by atoms with E-state index in [4.69, 9.17) is 5.73 Å². The zero-order chi connectivity index (χ0) is 10.1. The second kappa shape index (κ2) is 3.32. The first-order valence-corrected chi connectivity index (χ1v) is 4.44. The molecule has 4 nitrogen and oxygen atoms in total. The Balaban J connectivity index is 2.66. The van der Waals surface area contributed by atoms with E-state index in [1.54, 1.807) is 13.1 Å². The Morgan fingerprint density at radius 3 is 3.00 bits per heavy atom. The summed E-state index contributed by atoms with van der Waals surface area (Å²) in [6, 6.07) is 5.54. The SMILES string of the molecule is CNC(O)c1cc(N)cc2[nH]ccc12. The molecule has 1 aromatic carbocycles. The lowest BCUT2D eigenvalue weighted by molar-refractivity contribution is 0.151. The van der Waals surface area contributed by atoms with Crippen molar-refractivity contribution in [1.82, 2.24) is 10.3 Å². The Hall–Kier alpha value is -1.52. The van der Waals surface area contributed by atoms with E-state index in [1.807, 2.05) is 18.3 Å². The van der Waals surface area contributed by atoms with Crippen molar-refractivity contribution >= 4 is 16.6 Å². The lowest BCUT2D eigenvalue weighted by Gasteiger charge is -2.11. The van der Waals surface area contributed by atoms with E-state index in [-0.39, 0.29) is 0 Å². The largest absolute Gasteiger partial charge is 0.399 e. The number of anilines is 1. The van der Waals surface area contributed by atoms with Crippen LogP contribution in [0.25, 0.3) is 10.9 Å². The Labute approximate surface area is 81.7 Å². The lowest BCUT2D eigenvalue weighted by atomic mass is 10.1. The van der Waals surface area contributed by atoms with Crippen LogP contribution in [0.4, 0.5) is 5.69 Å². The summed E-state index contributed by atoms with van der Waals surface area (Å²) in [6.07, 6.45) is 1.15. The number of rotatable bonds is 2. The van der Waals surface area contributed by atoms with Crippen molar-refractivity contribution in [2.24, 2.45) is 0 Å². The smallest absolute Gasteiger partial charge is 0.131 e. The van der Waals surface area contributed by atoms with Crippen molar-refractivity contribution in [3.8, 4) is 0 Å². The van der Waals surface area contributed by atoms with E-state index in [9.17, 15) is 5.11 Å². The highest BCUT2D eigenvalue weighted by molar-refractivity contribution is 5.86. The summed E-state index contributed by atoms with van der Waals surface area (Å²) < 4.78 is 0. The van der Waals surface area contributed by atoms with Crippen LogP contribution in [-0.2, 0) is 0 Å². The normalized spacial score (nSPS) is 13.3. The number of aromatic nitrogens is 1. The van der Waals surface area contributed by atoms with Crippen LogP contribution >= 0.6 is 0 Å². The number of hydrogen-bond donors (Lipinski definition) is 4. The number of fused-ring (bicyclic) bond motifs is 1. The van der Waals surface area contributed by atoms with Crippen molar-refractivity contribution in [2.75, 3.05) is 12.8 Å². The summed E-state index contributed by atoms with van der Waals surface area (Å²) >= 11 is 0. The molecule has 1 heterocycles. The number of nitrogens with two attached hydrogens (primary N) is 1. The monoisotopic (exact) mass is 191 g/mol. The molecule has 74 valence electrons. The highest BCUT2D eigenvalue weighted by Gasteiger charge is 2.10. The molecule has 5 N–H and O–H groups in total. The van der Waals surface area contributed by atoms with Gasteiger partial charge in [0.1, 0.15) is 6.23 Å². The standard InChI is InChI=1S/C10H13N3O/c1-12-10(14)8-4-6(11)5-9-7(8)2-3-13-9/h2-5,10,12-14H,11H2,1H3. The number of H-pyrrole nitrogens is 1. The molecular weight excluding hydrogens is 178 g/mol. The molecule has 1 atom stereocenters. The zero-order valence-corrected chi connectivity index (χ0v) is 7.91. The first kappa shape index (κ1) is 9.05. The fourth-order valence-corrected chi connectivity index (χ4v) is 1.60. The first-order valence-electron chi connectivity index (χ1n) is 4.44. The highest BCUT2D eigenvalue weighted by atomic mass is 16.3. The molecule has 0 saturated heterocycles. The van der Waals surface area contributed by atoms with Gasteiger partial charge in [-0.2, -0.15) is 0 Å². The number of nitrogen functional groups attached to an aromatic ring is 1. The Morgan fingerprint density at radius 2 is 2.29 bits per heavy atom. The van der Waals surface area contributed by atoms with Crippen LogP contribution in [0, 0.1) is 0 Å². The summed E-state index contributed by atoms with van der Waals surface area (Å²) in [5.41, 5.74) is 8.09. The highest BCUT2D eigenvalue weighted by Crippen LogP contribution is 2.25. The number of nitrogens with one attached hydrogen (secondary N) is 2. The number of aliphatic hydroxyl groups excluding tert-OH is 1. The molecule has 0 radical (unpaired) electrons. The van der Waals surface area contributed by atoms with Crippen LogP contribution in [0.5, 0.6) is 0 Å². The van der Waals surface area contributed by atoms with Crippen molar-refractivity contribution in [3.63, 3.8) is 0 Å². The lowest BCUT2D eigenvalue weighted by Crippen LogP contribution is -2.15. The van der Waals surface area contributed by atoms with Crippen molar-refractivity contribution < 1.29 is 5.11 Å². The average Bonchev–Trinajstić information content (AvgIpc) is 2.62. The van der Waals surface area contributed by atoms with Gasteiger partial charge in [-0.3, -0.25) is 5.32 Å². The summed E-state index contributed by atoms with van der Waals surface area (Å²) in [5.74, 6) is 0. The van der Waals surface area contributed by atoms with Gasteiger partial charge < -0.3 is 15.8 Å². The van der Waals surface area contributed by atoms with Gasteiger partial charge in [0, 0.05) is 28.4 Å². The number of aromatic amines is 1. The summed E-state index contributed by atoms with van der Waals surface area (Å²) in [6.45, 7) is 0. The van der Waals surface area contributed by atoms with Crippen molar-refractivity contribution in [2.45, 2.75) is 6.23 Å². The molecule has 0 fully saturated rings. The third-order valence-electron chi connectivity index (χ3n) is 2.29. The van der Waals surface area contributed by atoms with Gasteiger partial charge >= 0.3 is 0 Å². The average molecular weight is 191 g/mol. The fraction of sp³-hybridized carbons (Fsp3) is 0.200. The maximum absolute atomic E-state index is 9.69. The zero-order valence-electron chi connectivity index (χ0n) is 7.91. The first-order chi connectivity index (χ1) is 6.72. The Morgan fingerprint density at radius 1 is 1.50 bits per heavy atom. The minimum absolute atomic E-state index is 0.643. The molecule has 0 saturated carbocycles. The molecule has 14 heavy (non-hydrogen) atoms. The second-order valence-electron chi connectivity index (χ2n) is 3.24. The van der Waals surface area contributed by atoms with Gasteiger partial charge in [-0.25, -0.2) is 0 Å². The summed E-state index contributed by atoms with van der Waals surface area (Å²) in [7, 11) is 1.70. The van der Waals surface area contributed by atoms with Crippen LogP contribution < -0.4 is 11.1 Å². The van der Waals surface area contributed by atoms with Gasteiger partial charge in [0.2, 0.25) is 0 Å². The molecule has 4 heteroatoms. The molecule has 2 aromatic rings. The molecule has 0 aliphatic rings. The molecule has 0 spiro atoms. The van der Waals surface area contributed by atoms with Gasteiger partial charge in [-0.1, -0.05) is 0 Å². The van der Waals surface area contributed by atoms with E-state index < -0.39 is 6.23 Å². The number of benzene rings is 1. The predicted octanol–water partition coefficient (Wildman–Crippen LogP) is 0.960. The number of aliphatic hydroxyl groups is 1. The molecule has 0 bridgehead atoms. The van der Waals surface area contributed by atoms with E-state index >= 15 is 0 Å². The molecular formula is C10H13N3O. The second-order valence-corrected chi connectivity index (χ2v) is 3.24. The molecule has 0 aliphatic carbocycles. The predicted molar refractivity (Wildman–Crippen MR) is 56.7 cm³/mol. The molecule has 1 unspecified atom stereocenters. The number of hydrogen-bond acceptors (Lipinski definition) is 3. The minimum Gasteiger partial charge on any atom is -0.399 e. The maximum Gasteiger partial charge on any atom is 0.131 e. The van der Waals surface area contributed by atoms with Crippen molar-refractivity contribution in [3.05, 3.63) is 30.0 Å². The Kier molecular flexibility index (Phi) is 2.15. The van der Waals surface area contributed by atoms with Crippen LogP contribution in [0.15, 0.2) is 24.4 Å². The van der Waals surface area contributed by atoms with Gasteiger partial charge in [-0.05, 0) is 25.2 Å². The van der Waals surface area contributed by atoms with Crippen LogP contribution in [-0.4, -0.2) is 17.1 Å². The van der Waals surface area contributed by atoms with Crippen LogP contribution in [0.1, 0.15) is 11.8 Å². The van der Waals surface area contributed by atoms with Crippen LogP contribution in [0.3, 0.4) is 0 Å². The molecule has 2 rings (SSSR count).